The summed E-state index contributed by atoms with van der Waals surface area (Å²) in [5.41, 5.74) is 7.46. The molecule has 3 aromatic carbocycles. The molecule has 0 aliphatic heterocycles. The van der Waals surface area contributed by atoms with Gasteiger partial charge in [0.2, 0.25) is 0 Å². The summed E-state index contributed by atoms with van der Waals surface area (Å²) < 4.78 is 15.1. The number of carbonyl (C=O) groups is 1. The zero-order chi connectivity index (χ0) is 26.0. The van der Waals surface area contributed by atoms with Gasteiger partial charge in [0.1, 0.15) is 6.61 Å². The number of aliphatic hydroxyl groups excluding tert-OH is 1. The number of hydrogen-bond donors (Lipinski definition) is 2. The van der Waals surface area contributed by atoms with Crippen molar-refractivity contribution in [2.45, 2.75) is 45.0 Å². The minimum absolute atomic E-state index is 0.212. The quantitative estimate of drug-likeness (QED) is 0.252. The van der Waals surface area contributed by atoms with Crippen LogP contribution in [0.5, 0.6) is 0 Å². The minimum atomic E-state index is -0.775. The van der Waals surface area contributed by atoms with E-state index in [1.54, 1.807) is 7.11 Å². The number of amides is 1. The molecule has 0 spiro atoms. The van der Waals surface area contributed by atoms with Crippen LogP contribution in [0.15, 0.2) is 72.8 Å². The molecule has 1 aliphatic carbocycles. The highest BCUT2D eigenvalue weighted by Crippen LogP contribution is 2.51. The van der Waals surface area contributed by atoms with Crippen LogP contribution in [-0.4, -0.2) is 29.0 Å². The van der Waals surface area contributed by atoms with E-state index in [1.165, 1.54) is 11.5 Å². The van der Waals surface area contributed by atoms with Crippen molar-refractivity contribution >= 4 is 23.3 Å². The molecule has 7 heteroatoms. The van der Waals surface area contributed by atoms with Gasteiger partial charge in [0.15, 0.2) is 6.29 Å². The lowest BCUT2D eigenvalue weighted by Gasteiger charge is -2.21. The van der Waals surface area contributed by atoms with E-state index in [4.69, 9.17) is 9.47 Å². The number of anilines is 1. The first-order valence-electron chi connectivity index (χ1n) is 12.3. The standard InChI is InChI=1S/C30H30N2O4S/c1-19-6-4-5-7-24(19)18-36-29(34)31-26-20(2)32-37-27(26)23-10-8-21(9-11-23)22-12-14-25(15-13-22)30(16-17-30)28(33)35-3/h4-15,28,33H,16-18H2,1-3H3,(H,31,34). The zero-order valence-electron chi connectivity index (χ0n) is 21.2. The molecule has 37 heavy (non-hydrogen) atoms. The molecule has 0 saturated heterocycles. The molecule has 1 fully saturated rings. The zero-order valence-corrected chi connectivity index (χ0v) is 22.0. The normalized spacial score (nSPS) is 14.7. The third-order valence-electron chi connectivity index (χ3n) is 7.13. The topological polar surface area (TPSA) is 80.7 Å². The van der Waals surface area contributed by atoms with Gasteiger partial charge in [0, 0.05) is 12.5 Å². The molecular formula is C30H30N2O4S. The minimum Gasteiger partial charge on any atom is -0.444 e. The van der Waals surface area contributed by atoms with Crippen LogP contribution in [-0.2, 0) is 21.5 Å². The molecular weight excluding hydrogens is 484 g/mol. The van der Waals surface area contributed by atoms with E-state index in [-0.39, 0.29) is 12.0 Å². The first-order valence-corrected chi connectivity index (χ1v) is 13.1. The van der Waals surface area contributed by atoms with Gasteiger partial charge < -0.3 is 14.6 Å². The van der Waals surface area contributed by atoms with E-state index in [0.717, 1.165) is 56.8 Å². The summed E-state index contributed by atoms with van der Waals surface area (Å²) in [4.78, 5) is 13.4. The first-order chi connectivity index (χ1) is 17.9. The summed E-state index contributed by atoms with van der Waals surface area (Å²) in [5.74, 6) is 0. The van der Waals surface area contributed by atoms with E-state index < -0.39 is 12.4 Å². The average molecular weight is 515 g/mol. The Bertz CT molecular complexity index is 1390. The highest BCUT2D eigenvalue weighted by molar-refractivity contribution is 7.10. The van der Waals surface area contributed by atoms with Crippen molar-refractivity contribution in [3.05, 3.63) is 95.2 Å². The highest BCUT2D eigenvalue weighted by Gasteiger charge is 2.50. The fraction of sp³-hybridized carbons (Fsp3) is 0.267. The lowest BCUT2D eigenvalue weighted by Crippen LogP contribution is -2.27. The van der Waals surface area contributed by atoms with Crippen molar-refractivity contribution in [1.29, 1.82) is 0 Å². The predicted molar refractivity (Wildman–Crippen MR) is 147 cm³/mol. The van der Waals surface area contributed by atoms with Gasteiger partial charge in [-0.1, -0.05) is 72.8 Å². The van der Waals surface area contributed by atoms with E-state index in [1.807, 2.05) is 50.2 Å². The summed E-state index contributed by atoms with van der Waals surface area (Å²) in [6.45, 7) is 4.08. The van der Waals surface area contributed by atoms with E-state index in [0.29, 0.717) is 5.69 Å². The number of nitrogens with one attached hydrogen (secondary N) is 1. The molecule has 1 heterocycles. The Morgan fingerprint density at radius 1 is 1.00 bits per heavy atom. The van der Waals surface area contributed by atoms with Gasteiger partial charge in [-0.05, 0) is 71.6 Å². The molecule has 2 N–H and O–H groups in total. The second-order valence-electron chi connectivity index (χ2n) is 9.50. The SMILES string of the molecule is COC(O)C1(c2ccc(-c3ccc(-c4snc(C)c4NC(=O)OCc4ccccc4C)cc3)cc2)CC1. The molecule has 1 atom stereocenters. The Morgan fingerprint density at radius 2 is 1.62 bits per heavy atom. The van der Waals surface area contributed by atoms with Crippen LogP contribution in [0.2, 0.25) is 0 Å². The van der Waals surface area contributed by atoms with Crippen LogP contribution in [0.4, 0.5) is 10.5 Å². The molecule has 0 bridgehead atoms. The molecule has 5 rings (SSSR count). The fourth-order valence-corrected chi connectivity index (χ4v) is 5.47. The Morgan fingerprint density at radius 3 is 2.24 bits per heavy atom. The van der Waals surface area contributed by atoms with Crippen molar-refractivity contribution in [2.24, 2.45) is 0 Å². The van der Waals surface area contributed by atoms with Gasteiger partial charge in [-0.2, -0.15) is 4.37 Å². The largest absolute Gasteiger partial charge is 0.444 e. The molecule has 6 nitrogen and oxygen atoms in total. The number of aryl methyl sites for hydroxylation is 2. The smallest absolute Gasteiger partial charge is 0.412 e. The Labute approximate surface area is 221 Å². The maximum Gasteiger partial charge on any atom is 0.412 e. The number of rotatable bonds is 8. The predicted octanol–water partition coefficient (Wildman–Crippen LogP) is 6.84. The second-order valence-corrected chi connectivity index (χ2v) is 10.3. The van der Waals surface area contributed by atoms with Crippen LogP contribution in [0.3, 0.4) is 0 Å². The van der Waals surface area contributed by atoms with Crippen LogP contribution < -0.4 is 5.32 Å². The third-order valence-corrected chi connectivity index (χ3v) is 8.12. The molecule has 4 aromatic rings. The summed E-state index contributed by atoms with van der Waals surface area (Å²) >= 11 is 1.35. The summed E-state index contributed by atoms with van der Waals surface area (Å²) in [6.07, 6.45) is 0.583. The van der Waals surface area contributed by atoms with Gasteiger partial charge in [-0.3, -0.25) is 5.32 Å². The van der Waals surface area contributed by atoms with Crippen molar-refractivity contribution in [1.82, 2.24) is 4.37 Å². The number of carbonyl (C=O) groups excluding carboxylic acids is 1. The Kier molecular flexibility index (Phi) is 7.11. The number of hydrogen-bond acceptors (Lipinski definition) is 6. The Hall–Kier alpha value is -3.52. The van der Waals surface area contributed by atoms with Crippen molar-refractivity contribution in [3.63, 3.8) is 0 Å². The van der Waals surface area contributed by atoms with Gasteiger partial charge >= 0.3 is 6.09 Å². The number of aliphatic hydroxyl groups is 1. The van der Waals surface area contributed by atoms with E-state index in [9.17, 15) is 9.90 Å². The van der Waals surface area contributed by atoms with E-state index in [2.05, 4.69) is 46.1 Å². The van der Waals surface area contributed by atoms with Gasteiger partial charge in [0.25, 0.3) is 0 Å². The molecule has 0 radical (unpaired) electrons. The summed E-state index contributed by atoms with van der Waals surface area (Å²) in [5, 5.41) is 13.1. The molecule has 1 amide bonds. The van der Waals surface area contributed by atoms with Crippen molar-refractivity contribution in [2.75, 3.05) is 12.4 Å². The average Bonchev–Trinajstić information content (AvgIpc) is 3.67. The second kappa shape index (κ2) is 10.5. The van der Waals surface area contributed by atoms with Crippen molar-refractivity contribution < 1.29 is 19.4 Å². The van der Waals surface area contributed by atoms with Crippen molar-refractivity contribution in [3.8, 4) is 21.6 Å². The molecule has 1 unspecified atom stereocenters. The molecule has 190 valence electrons. The fourth-order valence-electron chi connectivity index (χ4n) is 4.61. The number of nitrogens with zero attached hydrogens (tertiary/aromatic N) is 1. The van der Waals surface area contributed by atoms with Gasteiger partial charge in [0.05, 0.1) is 16.3 Å². The monoisotopic (exact) mass is 514 g/mol. The van der Waals surface area contributed by atoms with Crippen LogP contribution >= 0.6 is 11.5 Å². The third kappa shape index (κ3) is 5.16. The Balaban J connectivity index is 1.28. The van der Waals surface area contributed by atoms with E-state index >= 15 is 0 Å². The molecule has 1 saturated carbocycles. The lowest BCUT2D eigenvalue weighted by molar-refractivity contribution is -0.0997. The van der Waals surface area contributed by atoms with Gasteiger partial charge in [-0.25, -0.2) is 4.79 Å². The number of methoxy groups -OCH3 is 1. The maximum atomic E-state index is 12.6. The number of aromatic nitrogens is 1. The lowest BCUT2D eigenvalue weighted by atomic mass is 9.93. The van der Waals surface area contributed by atoms with Crippen LogP contribution in [0, 0.1) is 13.8 Å². The van der Waals surface area contributed by atoms with Gasteiger partial charge in [-0.15, -0.1) is 0 Å². The summed E-state index contributed by atoms with van der Waals surface area (Å²) in [7, 11) is 1.54. The van der Waals surface area contributed by atoms with Crippen LogP contribution in [0.25, 0.3) is 21.6 Å². The summed E-state index contributed by atoms with van der Waals surface area (Å²) in [6, 6.07) is 24.4. The van der Waals surface area contributed by atoms with Crippen LogP contribution in [0.1, 0.15) is 35.2 Å². The number of benzene rings is 3. The number of ether oxygens (including phenoxy) is 2. The molecule has 1 aromatic heterocycles. The highest BCUT2D eigenvalue weighted by atomic mass is 32.1. The molecule has 1 aliphatic rings. The maximum absolute atomic E-state index is 12.6. The first kappa shape index (κ1) is 25.1.